The van der Waals surface area contributed by atoms with Gasteiger partial charge in [-0.1, -0.05) is 12.1 Å². The second kappa shape index (κ2) is 4.24. The van der Waals surface area contributed by atoms with E-state index in [-0.39, 0.29) is 0 Å². The Bertz CT molecular complexity index is 760. The number of fused-ring (bicyclic) bond motifs is 1. The highest BCUT2D eigenvalue weighted by molar-refractivity contribution is 6.07. The van der Waals surface area contributed by atoms with Crippen molar-refractivity contribution in [3.8, 4) is 11.3 Å². The van der Waals surface area contributed by atoms with Crippen LogP contribution in [0.2, 0.25) is 0 Å². The quantitative estimate of drug-likeness (QED) is 0.735. The van der Waals surface area contributed by atoms with Crippen molar-refractivity contribution in [3.63, 3.8) is 0 Å². The van der Waals surface area contributed by atoms with Crippen LogP contribution in [0.15, 0.2) is 42.7 Å². The number of aromatic amines is 1. The lowest BCUT2D eigenvalue weighted by atomic mass is 10.1. The topological polar surface area (TPSA) is 71.8 Å². The first-order chi connectivity index (χ1) is 9.18. The number of para-hydroxylation sites is 1. The van der Waals surface area contributed by atoms with Gasteiger partial charge in [-0.2, -0.15) is 0 Å². The summed E-state index contributed by atoms with van der Waals surface area (Å²) in [6.07, 6.45) is 3.53. The Balaban J connectivity index is 2.32. The van der Waals surface area contributed by atoms with Crippen molar-refractivity contribution < 1.29 is 4.79 Å². The summed E-state index contributed by atoms with van der Waals surface area (Å²) in [6, 6.07) is 9.42. The van der Waals surface area contributed by atoms with E-state index < -0.39 is 5.91 Å². The summed E-state index contributed by atoms with van der Waals surface area (Å²) in [5.74, 6) is -0.426. The molecule has 0 unspecified atom stereocenters. The van der Waals surface area contributed by atoms with Crippen LogP contribution in [0.5, 0.6) is 0 Å². The number of nitrogens with zero attached hydrogens (tertiary/aromatic N) is 1. The highest BCUT2D eigenvalue weighted by Crippen LogP contribution is 2.30. The Kier molecular flexibility index (Phi) is 2.56. The molecule has 0 aliphatic heterocycles. The molecule has 3 N–H and O–H groups in total. The third-order valence-corrected chi connectivity index (χ3v) is 3.31. The lowest BCUT2D eigenvalue weighted by Gasteiger charge is -1.98. The third kappa shape index (κ3) is 1.78. The van der Waals surface area contributed by atoms with E-state index in [0.717, 1.165) is 27.7 Å². The number of nitrogens with one attached hydrogen (secondary N) is 1. The molecule has 0 bridgehead atoms. The molecule has 0 saturated carbocycles. The van der Waals surface area contributed by atoms with Gasteiger partial charge in [-0.25, -0.2) is 0 Å². The van der Waals surface area contributed by atoms with Gasteiger partial charge in [-0.3, -0.25) is 9.78 Å². The number of carbonyl (C=O) groups excluding carboxylic acids is 1. The summed E-state index contributed by atoms with van der Waals surface area (Å²) in [5.41, 5.74) is 9.75. The Morgan fingerprint density at radius 1 is 1.26 bits per heavy atom. The molecule has 4 heteroatoms. The normalized spacial score (nSPS) is 10.8. The fraction of sp³-hybridized carbons (Fsp3) is 0.0667. The van der Waals surface area contributed by atoms with Gasteiger partial charge < -0.3 is 10.7 Å². The fourth-order valence-corrected chi connectivity index (χ4v) is 2.36. The lowest BCUT2D eigenvalue weighted by molar-refractivity contribution is 0.100. The zero-order chi connectivity index (χ0) is 13.4. The van der Waals surface area contributed by atoms with Crippen molar-refractivity contribution in [2.75, 3.05) is 0 Å². The highest BCUT2D eigenvalue weighted by atomic mass is 16.1. The number of carbonyl (C=O) groups is 1. The van der Waals surface area contributed by atoms with Gasteiger partial charge in [0.1, 0.15) is 0 Å². The molecule has 0 atom stereocenters. The molecule has 1 amide bonds. The fourth-order valence-electron chi connectivity index (χ4n) is 2.36. The highest BCUT2D eigenvalue weighted by Gasteiger charge is 2.14. The molecule has 2 aromatic heterocycles. The van der Waals surface area contributed by atoms with Crippen LogP contribution in [0.3, 0.4) is 0 Å². The average molecular weight is 251 g/mol. The standard InChI is InChI=1S/C15H13N3O/c1-9-11-5-2-6-12(15(16)19)14(11)18-13(9)10-4-3-7-17-8-10/h2-8,18H,1H3,(H2,16,19). The predicted molar refractivity (Wildman–Crippen MR) is 74.8 cm³/mol. The third-order valence-electron chi connectivity index (χ3n) is 3.31. The summed E-state index contributed by atoms with van der Waals surface area (Å²) < 4.78 is 0. The van der Waals surface area contributed by atoms with Gasteiger partial charge in [0.25, 0.3) is 5.91 Å². The summed E-state index contributed by atoms with van der Waals surface area (Å²) in [6.45, 7) is 2.02. The number of aryl methyl sites for hydroxylation is 1. The van der Waals surface area contributed by atoms with Crippen LogP contribution in [-0.2, 0) is 0 Å². The first-order valence-electron chi connectivity index (χ1n) is 6.00. The van der Waals surface area contributed by atoms with E-state index in [1.807, 2.05) is 31.2 Å². The van der Waals surface area contributed by atoms with Gasteiger partial charge in [0.05, 0.1) is 16.8 Å². The van der Waals surface area contributed by atoms with Gasteiger partial charge in [-0.15, -0.1) is 0 Å². The Hall–Kier alpha value is -2.62. The molecule has 0 aliphatic carbocycles. The first-order valence-corrected chi connectivity index (χ1v) is 6.00. The Morgan fingerprint density at radius 3 is 2.79 bits per heavy atom. The lowest BCUT2D eigenvalue weighted by Crippen LogP contribution is -2.11. The largest absolute Gasteiger partial charge is 0.366 e. The van der Waals surface area contributed by atoms with Gasteiger partial charge in [0.2, 0.25) is 0 Å². The number of nitrogens with two attached hydrogens (primary N) is 1. The van der Waals surface area contributed by atoms with Crippen LogP contribution in [0.25, 0.3) is 22.2 Å². The van der Waals surface area contributed by atoms with Gasteiger partial charge >= 0.3 is 0 Å². The molecular formula is C15H13N3O. The summed E-state index contributed by atoms with van der Waals surface area (Å²) in [5, 5.41) is 1.01. The molecule has 3 aromatic rings. The van der Waals surface area contributed by atoms with Crippen molar-refractivity contribution in [1.82, 2.24) is 9.97 Å². The minimum Gasteiger partial charge on any atom is -0.366 e. The summed E-state index contributed by atoms with van der Waals surface area (Å²) in [4.78, 5) is 18.9. The van der Waals surface area contributed by atoms with E-state index in [1.165, 1.54) is 0 Å². The number of hydrogen-bond donors (Lipinski definition) is 2. The molecule has 94 valence electrons. The van der Waals surface area contributed by atoms with Crippen LogP contribution in [-0.4, -0.2) is 15.9 Å². The van der Waals surface area contributed by atoms with Gasteiger partial charge in [0, 0.05) is 23.3 Å². The van der Waals surface area contributed by atoms with Crippen LogP contribution in [0.4, 0.5) is 0 Å². The molecule has 4 nitrogen and oxygen atoms in total. The maximum atomic E-state index is 11.5. The van der Waals surface area contributed by atoms with E-state index in [0.29, 0.717) is 5.56 Å². The maximum absolute atomic E-state index is 11.5. The van der Waals surface area contributed by atoms with E-state index >= 15 is 0 Å². The number of primary amides is 1. The second-order valence-electron chi connectivity index (χ2n) is 4.46. The van der Waals surface area contributed by atoms with Crippen LogP contribution in [0, 0.1) is 6.92 Å². The van der Waals surface area contributed by atoms with Crippen LogP contribution < -0.4 is 5.73 Å². The molecule has 0 spiro atoms. The molecule has 2 heterocycles. The maximum Gasteiger partial charge on any atom is 0.250 e. The summed E-state index contributed by atoms with van der Waals surface area (Å²) >= 11 is 0. The molecular weight excluding hydrogens is 238 g/mol. The molecule has 1 aromatic carbocycles. The van der Waals surface area contributed by atoms with Crippen LogP contribution >= 0.6 is 0 Å². The molecule has 3 rings (SSSR count). The number of amides is 1. The smallest absolute Gasteiger partial charge is 0.250 e. The molecule has 19 heavy (non-hydrogen) atoms. The SMILES string of the molecule is Cc1c(-c2cccnc2)[nH]c2c(C(N)=O)cccc12. The first kappa shape index (κ1) is 11.5. The van der Waals surface area contributed by atoms with E-state index in [9.17, 15) is 4.79 Å². The Morgan fingerprint density at radius 2 is 2.11 bits per heavy atom. The number of hydrogen-bond acceptors (Lipinski definition) is 2. The van der Waals surface area contributed by atoms with Crippen LogP contribution in [0.1, 0.15) is 15.9 Å². The van der Waals surface area contributed by atoms with Gasteiger partial charge in [-0.05, 0) is 30.7 Å². The molecule has 0 saturated heterocycles. The van der Waals surface area contributed by atoms with Crippen molar-refractivity contribution in [3.05, 3.63) is 53.9 Å². The minimum absolute atomic E-state index is 0.426. The molecule has 0 radical (unpaired) electrons. The second-order valence-corrected chi connectivity index (χ2v) is 4.46. The number of H-pyrrole nitrogens is 1. The average Bonchev–Trinajstić information content (AvgIpc) is 2.77. The van der Waals surface area contributed by atoms with Crippen molar-refractivity contribution in [2.45, 2.75) is 6.92 Å². The monoisotopic (exact) mass is 251 g/mol. The van der Waals surface area contributed by atoms with E-state index in [4.69, 9.17) is 5.73 Å². The Labute approximate surface area is 110 Å². The summed E-state index contributed by atoms with van der Waals surface area (Å²) in [7, 11) is 0. The van der Waals surface area contributed by atoms with E-state index in [2.05, 4.69) is 9.97 Å². The number of rotatable bonds is 2. The predicted octanol–water partition coefficient (Wildman–Crippen LogP) is 2.64. The van der Waals surface area contributed by atoms with E-state index in [1.54, 1.807) is 18.5 Å². The number of aromatic nitrogens is 2. The zero-order valence-electron chi connectivity index (χ0n) is 10.5. The van der Waals surface area contributed by atoms with Gasteiger partial charge in [0.15, 0.2) is 0 Å². The number of benzene rings is 1. The van der Waals surface area contributed by atoms with Crippen molar-refractivity contribution >= 4 is 16.8 Å². The number of pyridine rings is 1. The van der Waals surface area contributed by atoms with Crippen molar-refractivity contribution in [1.29, 1.82) is 0 Å². The van der Waals surface area contributed by atoms with Crippen molar-refractivity contribution in [2.24, 2.45) is 5.73 Å². The molecule has 0 aliphatic rings. The molecule has 0 fully saturated rings. The zero-order valence-corrected chi connectivity index (χ0v) is 10.5. The minimum atomic E-state index is -0.426.